The highest BCUT2D eigenvalue weighted by molar-refractivity contribution is 5.87. The number of nitrogens with zero attached hydrogens (tertiary/aromatic N) is 2. The predicted molar refractivity (Wildman–Crippen MR) is 130 cm³/mol. The molecular weight excluding hydrogens is 400 g/mol. The second kappa shape index (κ2) is 8.22. The van der Waals surface area contributed by atoms with E-state index in [9.17, 15) is 0 Å². The van der Waals surface area contributed by atoms with E-state index in [2.05, 4.69) is 16.0 Å². The van der Waals surface area contributed by atoms with Crippen molar-refractivity contribution >= 4 is 45.8 Å². The normalized spacial score (nSPS) is 15.7. The third kappa shape index (κ3) is 3.90. The molecule has 162 valence electrons. The Hall–Kier alpha value is -3.48. The van der Waals surface area contributed by atoms with Crippen LogP contribution in [0, 0.1) is 0 Å². The molecule has 0 aromatic carbocycles. The van der Waals surface area contributed by atoms with Crippen LogP contribution >= 0.6 is 0 Å². The minimum absolute atomic E-state index is 0.102. The zero-order valence-corrected chi connectivity index (χ0v) is 18.6. The van der Waals surface area contributed by atoms with Crippen molar-refractivity contribution in [3.05, 3.63) is 70.8 Å². The zero-order valence-electron chi connectivity index (χ0n) is 19.6. The Morgan fingerprint density at radius 2 is 1.47 bits per heavy atom. The quantitative estimate of drug-likeness (QED) is 0.434. The summed E-state index contributed by atoms with van der Waals surface area (Å²) >= 11 is 0. The van der Waals surface area contributed by atoms with Crippen LogP contribution in [-0.2, 0) is 9.47 Å². The lowest BCUT2D eigenvalue weighted by Gasteiger charge is -2.09. The zero-order chi connectivity index (χ0) is 23.1. The number of H-pyrrole nitrogens is 2. The molecule has 2 aliphatic rings. The van der Waals surface area contributed by atoms with Crippen molar-refractivity contribution in [1.29, 1.82) is 0 Å². The molecule has 0 radical (unpaired) electrons. The largest absolute Gasteiger partial charge is 0.377 e. The molecule has 0 spiro atoms. The highest BCUT2D eigenvalue weighted by atomic mass is 16.5. The Balaban J connectivity index is 1.87. The van der Waals surface area contributed by atoms with Crippen molar-refractivity contribution in [2.45, 2.75) is 26.1 Å². The second-order valence-corrected chi connectivity index (χ2v) is 8.01. The Labute approximate surface area is 188 Å². The first-order chi connectivity index (χ1) is 15.9. The van der Waals surface area contributed by atoms with Crippen molar-refractivity contribution in [3.63, 3.8) is 0 Å². The molecule has 8 bridgehead atoms. The molecular formula is C26H26N4O2. The smallest absolute Gasteiger partial charge is 0.0814 e. The van der Waals surface area contributed by atoms with E-state index in [0.717, 1.165) is 44.6 Å². The summed E-state index contributed by atoms with van der Waals surface area (Å²) in [6.07, 6.45) is 3.63. The van der Waals surface area contributed by atoms with Crippen molar-refractivity contribution in [2.75, 3.05) is 14.2 Å². The molecule has 0 saturated carbocycles. The maximum absolute atomic E-state index is 8.78. The molecule has 32 heavy (non-hydrogen) atoms. The van der Waals surface area contributed by atoms with Crippen molar-refractivity contribution < 1.29 is 10.8 Å². The number of fused-ring (bicyclic) bond motifs is 8. The van der Waals surface area contributed by atoms with Gasteiger partial charge in [-0.25, -0.2) is 9.97 Å². The van der Waals surface area contributed by atoms with Gasteiger partial charge in [0.25, 0.3) is 0 Å². The second-order valence-electron chi connectivity index (χ2n) is 8.01. The number of nitrogens with one attached hydrogen (secondary N) is 2. The monoisotopic (exact) mass is 427 g/mol. The van der Waals surface area contributed by atoms with Gasteiger partial charge in [-0.15, -0.1) is 0 Å². The van der Waals surface area contributed by atoms with E-state index in [1.54, 1.807) is 14.2 Å². The summed E-state index contributed by atoms with van der Waals surface area (Å²) in [4.78, 5) is 16.4. The van der Waals surface area contributed by atoms with Gasteiger partial charge in [0.15, 0.2) is 0 Å². The maximum atomic E-state index is 8.78. The molecule has 3 aromatic rings. The summed E-state index contributed by atoms with van der Waals surface area (Å²) in [5, 5.41) is 0. The van der Waals surface area contributed by atoms with Gasteiger partial charge in [-0.1, -0.05) is 0 Å². The van der Waals surface area contributed by atoms with E-state index >= 15 is 0 Å². The molecule has 6 heteroatoms. The van der Waals surface area contributed by atoms with Crippen LogP contribution in [0.25, 0.3) is 45.8 Å². The summed E-state index contributed by atoms with van der Waals surface area (Å²) in [5.74, 6) is 0. The minimum atomic E-state index is -0.266. The van der Waals surface area contributed by atoms with Crippen molar-refractivity contribution in [1.82, 2.24) is 19.9 Å². The fourth-order valence-corrected chi connectivity index (χ4v) is 3.95. The molecule has 0 aliphatic carbocycles. The van der Waals surface area contributed by atoms with E-state index < -0.39 is 0 Å². The van der Waals surface area contributed by atoms with E-state index in [0.29, 0.717) is 17.4 Å². The van der Waals surface area contributed by atoms with Crippen molar-refractivity contribution in [3.8, 4) is 0 Å². The van der Waals surface area contributed by atoms with Gasteiger partial charge in [-0.2, -0.15) is 0 Å². The van der Waals surface area contributed by atoms with Crippen LogP contribution in [-0.4, -0.2) is 40.3 Å². The van der Waals surface area contributed by atoms with Crippen molar-refractivity contribution in [2.24, 2.45) is 0 Å². The number of hydrogen-bond acceptors (Lipinski definition) is 4. The number of aromatic nitrogens is 4. The Morgan fingerprint density at radius 3 is 2.19 bits per heavy atom. The fraction of sp³-hybridized carbons (Fsp3) is 0.231. The molecule has 6 nitrogen and oxygen atoms in total. The summed E-state index contributed by atoms with van der Waals surface area (Å²) < 4.78 is 20.0. The van der Waals surface area contributed by atoms with Gasteiger partial charge in [0.05, 0.1) is 36.4 Å². The molecule has 2 unspecified atom stereocenters. The minimum Gasteiger partial charge on any atom is -0.377 e. The average molecular weight is 428 g/mol. The summed E-state index contributed by atoms with van der Waals surface area (Å²) in [7, 11) is 3.35. The molecule has 0 fully saturated rings. The molecule has 0 saturated heterocycles. The van der Waals surface area contributed by atoms with E-state index in [-0.39, 0.29) is 12.2 Å². The molecule has 2 N–H and O–H groups in total. The Morgan fingerprint density at radius 1 is 0.781 bits per heavy atom. The fourth-order valence-electron chi connectivity index (χ4n) is 3.95. The summed E-state index contributed by atoms with van der Waals surface area (Å²) in [6, 6.07) is 14.3. The number of aromatic amines is 2. The van der Waals surface area contributed by atoms with Gasteiger partial charge >= 0.3 is 0 Å². The van der Waals surface area contributed by atoms with Crippen LogP contribution in [0.5, 0.6) is 0 Å². The lowest BCUT2D eigenvalue weighted by atomic mass is 10.1. The Bertz CT molecular complexity index is 1450. The molecule has 5 rings (SSSR count). The molecule has 2 atom stereocenters. The lowest BCUT2D eigenvalue weighted by molar-refractivity contribution is 0.121. The first-order valence-corrected chi connectivity index (χ1v) is 10.6. The lowest BCUT2D eigenvalue weighted by Crippen LogP contribution is -2.06. The molecule has 3 aromatic heterocycles. The van der Waals surface area contributed by atoms with Gasteiger partial charge in [0.2, 0.25) is 0 Å². The Kier molecular flexibility index (Phi) is 4.94. The van der Waals surface area contributed by atoms with Gasteiger partial charge in [0, 0.05) is 47.4 Å². The van der Waals surface area contributed by atoms with E-state index in [1.807, 2.05) is 62.4 Å². The average Bonchev–Trinajstić information content (AvgIpc) is 3.57. The number of methoxy groups -OCH3 is 2. The first kappa shape index (κ1) is 19.2. The number of ether oxygens (including phenoxy) is 2. The van der Waals surface area contributed by atoms with Crippen LogP contribution in [0.2, 0.25) is 0 Å². The van der Waals surface area contributed by atoms with Crippen LogP contribution in [0.1, 0.15) is 49.7 Å². The maximum Gasteiger partial charge on any atom is 0.0814 e. The topological polar surface area (TPSA) is 75.8 Å². The molecule has 5 heterocycles. The van der Waals surface area contributed by atoms with E-state index in [4.69, 9.17) is 20.8 Å². The SMILES string of the molecule is [2H]C1=C(C(C)OC)c2cc3cc(C(C)OC)c(cc4nc(cc5ccc(cc1n2)[nH]5)C=C4)[nH]3. The third-order valence-corrected chi connectivity index (χ3v) is 5.83. The van der Waals surface area contributed by atoms with Gasteiger partial charge in [0.1, 0.15) is 0 Å². The van der Waals surface area contributed by atoms with Crippen LogP contribution < -0.4 is 0 Å². The predicted octanol–water partition coefficient (Wildman–Crippen LogP) is 5.77. The number of hydrogen-bond donors (Lipinski definition) is 2. The van der Waals surface area contributed by atoms with E-state index in [1.165, 1.54) is 0 Å². The molecule has 2 aliphatic heterocycles. The van der Waals surface area contributed by atoms with Gasteiger partial charge < -0.3 is 19.4 Å². The summed E-state index contributed by atoms with van der Waals surface area (Å²) in [5.41, 5.74) is 8.44. The molecule has 0 amide bonds. The summed E-state index contributed by atoms with van der Waals surface area (Å²) in [6.45, 7) is 3.95. The standard InChI is InChI=1S/C26H26N4O2/c1-15(31-3)23-11-21-10-19-6-5-17(27-19)9-18-7-8-20(28-18)13-25-24(16(2)32-4)12-22(30-25)14-26(23)29-21/h5-16,27,30H,1-4H3/i11D. The van der Waals surface area contributed by atoms with Gasteiger partial charge in [-0.05, 0) is 74.5 Å². The van der Waals surface area contributed by atoms with Crippen LogP contribution in [0.15, 0.2) is 42.5 Å². The number of rotatable bonds is 4. The van der Waals surface area contributed by atoms with Crippen LogP contribution in [0.3, 0.4) is 0 Å². The van der Waals surface area contributed by atoms with Crippen LogP contribution in [0.4, 0.5) is 0 Å². The highest BCUT2D eigenvalue weighted by Crippen LogP contribution is 2.29. The van der Waals surface area contributed by atoms with Gasteiger partial charge in [-0.3, -0.25) is 0 Å². The third-order valence-electron chi connectivity index (χ3n) is 5.83. The first-order valence-electron chi connectivity index (χ1n) is 11.1. The highest BCUT2D eigenvalue weighted by Gasteiger charge is 2.17.